The Morgan fingerprint density at radius 1 is 1.24 bits per heavy atom. The van der Waals surface area contributed by atoms with Crippen LogP contribution in [0.25, 0.3) is 11.0 Å². The van der Waals surface area contributed by atoms with Gasteiger partial charge in [0, 0.05) is 5.56 Å². The van der Waals surface area contributed by atoms with E-state index >= 15 is 0 Å². The van der Waals surface area contributed by atoms with Crippen molar-refractivity contribution in [3.8, 4) is 17.6 Å². The molecule has 0 saturated heterocycles. The van der Waals surface area contributed by atoms with E-state index in [1.807, 2.05) is 12.1 Å². The lowest BCUT2D eigenvalue weighted by atomic mass is 10.2. The second-order valence-corrected chi connectivity index (χ2v) is 4.62. The number of hydrogen-bond donors (Lipinski definition) is 0. The molecule has 0 fully saturated rings. The molecule has 0 saturated carbocycles. The maximum Gasteiger partial charge on any atom is 0.247 e. The Balaban J connectivity index is 2.12. The van der Waals surface area contributed by atoms with Crippen LogP contribution in [0.15, 0.2) is 46.9 Å². The molecule has 0 bridgehead atoms. The minimum absolute atomic E-state index is 0.0704. The topological polar surface area (TPSA) is 46.2 Å². The number of furan rings is 1. The summed E-state index contributed by atoms with van der Waals surface area (Å²) >= 11 is 5.80. The molecule has 0 aliphatic carbocycles. The van der Waals surface area contributed by atoms with Gasteiger partial charge >= 0.3 is 0 Å². The van der Waals surface area contributed by atoms with Crippen molar-refractivity contribution in [1.29, 1.82) is 5.26 Å². The zero-order chi connectivity index (χ0) is 14.8. The highest BCUT2D eigenvalue weighted by Crippen LogP contribution is 2.37. The van der Waals surface area contributed by atoms with E-state index in [9.17, 15) is 4.39 Å². The lowest BCUT2D eigenvalue weighted by Crippen LogP contribution is -1.91. The number of fused-ring (bicyclic) bond motifs is 1. The van der Waals surface area contributed by atoms with Gasteiger partial charge in [0.2, 0.25) is 5.76 Å². The predicted molar refractivity (Wildman–Crippen MR) is 77.0 cm³/mol. The van der Waals surface area contributed by atoms with E-state index in [4.69, 9.17) is 26.0 Å². The molecular formula is C16H9ClFNO2. The first-order valence-corrected chi connectivity index (χ1v) is 6.70. The second-order valence-electron chi connectivity index (χ2n) is 4.36. The Morgan fingerprint density at radius 3 is 2.81 bits per heavy atom. The van der Waals surface area contributed by atoms with Gasteiger partial charge in [0.25, 0.3) is 0 Å². The van der Waals surface area contributed by atoms with Crippen LogP contribution >= 0.6 is 11.6 Å². The number of halogens is 2. The summed E-state index contributed by atoms with van der Waals surface area (Å²) in [6, 6.07) is 13.2. The van der Waals surface area contributed by atoms with Crippen LogP contribution in [0, 0.1) is 17.1 Å². The highest BCUT2D eigenvalue weighted by molar-refractivity contribution is 6.17. The van der Waals surface area contributed by atoms with Gasteiger partial charge in [0.15, 0.2) is 5.75 Å². The summed E-state index contributed by atoms with van der Waals surface area (Å²) in [6.45, 7) is 0. The van der Waals surface area contributed by atoms with Gasteiger partial charge in [-0.3, -0.25) is 0 Å². The van der Waals surface area contributed by atoms with Gasteiger partial charge in [0.05, 0.1) is 11.3 Å². The summed E-state index contributed by atoms with van der Waals surface area (Å²) in [5, 5.41) is 9.84. The highest BCUT2D eigenvalue weighted by Gasteiger charge is 2.17. The zero-order valence-corrected chi connectivity index (χ0v) is 11.5. The first-order valence-electron chi connectivity index (χ1n) is 6.17. The molecule has 0 N–H and O–H groups in total. The van der Waals surface area contributed by atoms with E-state index in [1.54, 1.807) is 18.2 Å². The van der Waals surface area contributed by atoms with Gasteiger partial charge in [0.1, 0.15) is 23.2 Å². The monoisotopic (exact) mass is 301 g/mol. The fourth-order valence-corrected chi connectivity index (χ4v) is 2.27. The fraction of sp³-hybridized carbons (Fsp3) is 0.0625. The summed E-state index contributed by atoms with van der Waals surface area (Å²) < 4.78 is 24.4. The number of para-hydroxylation sites is 1. The summed E-state index contributed by atoms with van der Waals surface area (Å²) in [4.78, 5) is 0. The summed E-state index contributed by atoms with van der Waals surface area (Å²) in [5.41, 5.74) is 1.06. The third-order valence-corrected chi connectivity index (χ3v) is 3.32. The van der Waals surface area contributed by atoms with Crippen LogP contribution < -0.4 is 4.74 Å². The molecule has 104 valence electrons. The van der Waals surface area contributed by atoms with Crippen molar-refractivity contribution in [1.82, 2.24) is 0 Å². The minimum atomic E-state index is -0.393. The van der Waals surface area contributed by atoms with Crippen LogP contribution in [-0.2, 0) is 5.88 Å². The molecule has 0 aliphatic heterocycles. The van der Waals surface area contributed by atoms with Crippen LogP contribution in [0.5, 0.6) is 11.5 Å². The quantitative estimate of drug-likeness (QED) is 0.641. The Bertz CT molecular complexity index is 851. The van der Waals surface area contributed by atoms with Crippen LogP contribution in [0.1, 0.15) is 11.3 Å². The summed E-state index contributed by atoms with van der Waals surface area (Å²) in [7, 11) is 0. The van der Waals surface area contributed by atoms with Crippen molar-refractivity contribution in [2.45, 2.75) is 5.88 Å². The predicted octanol–water partition coefficient (Wildman–Crippen LogP) is 4.97. The number of nitriles is 1. The standard InChI is InChI=1S/C16H9ClFNO2/c17-8-10-7-11(18)5-6-13(10)21-16-12-3-1-2-4-14(12)20-15(16)9-19/h1-7H,8H2. The first-order chi connectivity index (χ1) is 10.2. The molecule has 3 rings (SSSR count). The lowest BCUT2D eigenvalue weighted by molar-refractivity contribution is 0.462. The molecule has 5 heteroatoms. The number of ether oxygens (including phenoxy) is 1. The van der Waals surface area contributed by atoms with Crippen LogP contribution in [0.3, 0.4) is 0 Å². The average molecular weight is 302 g/mol. The Kier molecular flexibility index (Phi) is 3.51. The number of benzene rings is 2. The molecule has 0 atom stereocenters. The fourth-order valence-electron chi connectivity index (χ4n) is 2.06. The molecule has 0 spiro atoms. The molecule has 1 aromatic heterocycles. The normalized spacial score (nSPS) is 10.5. The molecule has 2 aromatic carbocycles. The SMILES string of the molecule is N#Cc1oc2ccccc2c1Oc1ccc(F)cc1CCl. The maximum absolute atomic E-state index is 13.2. The number of alkyl halides is 1. The zero-order valence-electron chi connectivity index (χ0n) is 10.8. The van der Waals surface area contributed by atoms with Crippen LogP contribution in [0.4, 0.5) is 4.39 Å². The van der Waals surface area contributed by atoms with Gasteiger partial charge in [-0.15, -0.1) is 11.6 Å². The molecule has 0 amide bonds. The molecule has 21 heavy (non-hydrogen) atoms. The molecule has 1 heterocycles. The third-order valence-electron chi connectivity index (χ3n) is 3.03. The van der Waals surface area contributed by atoms with Crippen molar-refractivity contribution in [2.24, 2.45) is 0 Å². The number of rotatable bonds is 3. The Morgan fingerprint density at radius 2 is 2.05 bits per heavy atom. The van der Waals surface area contributed by atoms with Gasteiger partial charge in [-0.25, -0.2) is 4.39 Å². The summed E-state index contributed by atoms with van der Waals surface area (Å²) in [6.07, 6.45) is 0. The molecule has 0 unspecified atom stereocenters. The Labute approximate surface area is 125 Å². The van der Waals surface area contributed by atoms with E-state index in [2.05, 4.69) is 0 Å². The molecular weight excluding hydrogens is 293 g/mol. The number of hydrogen-bond acceptors (Lipinski definition) is 3. The van der Waals surface area contributed by atoms with E-state index in [1.165, 1.54) is 18.2 Å². The second kappa shape index (κ2) is 5.47. The molecule has 0 radical (unpaired) electrons. The van der Waals surface area contributed by atoms with Crippen molar-refractivity contribution in [3.63, 3.8) is 0 Å². The highest BCUT2D eigenvalue weighted by atomic mass is 35.5. The van der Waals surface area contributed by atoms with Gasteiger partial charge in [-0.2, -0.15) is 5.26 Å². The largest absolute Gasteiger partial charge is 0.452 e. The van der Waals surface area contributed by atoms with Gasteiger partial charge < -0.3 is 9.15 Å². The van der Waals surface area contributed by atoms with Crippen molar-refractivity contribution in [3.05, 3.63) is 59.6 Å². The molecule has 3 aromatic rings. The lowest BCUT2D eigenvalue weighted by Gasteiger charge is -2.08. The van der Waals surface area contributed by atoms with E-state index < -0.39 is 5.82 Å². The molecule has 0 aliphatic rings. The average Bonchev–Trinajstić information content (AvgIpc) is 2.87. The first kappa shape index (κ1) is 13.5. The van der Waals surface area contributed by atoms with Crippen molar-refractivity contribution in [2.75, 3.05) is 0 Å². The van der Waals surface area contributed by atoms with Crippen molar-refractivity contribution < 1.29 is 13.5 Å². The smallest absolute Gasteiger partial charge is 0.247 e. The van der Waals surface area contributed by atoms with Crippen LogP contribution in [0.2, 0.25) is 0 Å². The maximum atomic E-state index is 13.2. The number of nitrogens with zero attached hydrogens (tertiary/aromatic N) is 1. The Hall–Kier alpha value is -2.51. The van der Waals surface area contributed by atoms with E-state index in [0.29, 0.717) is 28.0 Å². The van der Waals surface area contributed by atoms with E-state index in [-0.39, 0.29) is 11.6 Å². The third kappa shape index (κ3) is 2.44. The van der Waals surface area contributed by atoms with Crippen molar-refractivity contribution >= 4 is 22.6 Å². The van der Waals surface area contributed by atoms with Gasteiger partial charge in [-0.05, 0) is 30.3 Å². The minimum Gasteiger partial charge on any atom is -0.452 e. The van der Waals surface area contributed by atoms with E-state index in [0.717, 1.165) is 0 Å². The van der Waals surface area contributed by atoms with Gasteiger partial charge in [-0.1, -0.05) is 12.1 Å². The van der Waals surface area contributed by atoms with Crippen LogP contribution in [-0.4, -0.2) is 0 Å². The summed E-state index contributed by atoms with van der Waals surface area (Å²) in [5.74, 6) is 0.488. The molecule has 3 nitrogen and oxygen atoms in total.